The van der Waals surface area contributed by atoms with E-state index in [4.69, 9.17) is 5.73 Å². The van der Waals surface area contributed by atoms with Crippen molar-refractivity contribution in [1.82, 2.24) is 10.6 Å². The molecule has 0 aliphatic rings. The second kappa shape index (κ2) is 7.54. The summed E-state index contributed by atoms with van der Waals surface area (Å²) in [5.41, 5.74) is 4.75. The van der Waals surface area contributed by atoms with Gasteiger partial charge < -0.3 is 11.1 Å². The maximum Gasteiger partial charge on any atom is 0.318 e. The van der Waals surface area contributed by atoms with Crippen molar-refractivity contribution in [2.45, 2.75) is 26.2 Å². The van der Waals surface area contributed by atoms with Crippen LogP contribution in [0, 0.1) is 0 Å². The summed E-state index contributed by atoms with van der Waals surface area (Å²) >= 11 is 0. The van der Waals surface area contributed by atoms with Crippen molar-refractivity contribution in [1.29, 1.82) is 0 Å². The van der Waals surface area contributed by atoms with Gasteiger partial charge in [0.2, 0.25) is 5.91 Å². The summed E-state index contributed by atoms with van der Waals surface area (Å²) in [6.07, 6.45) is 3.33. The van der Waals surface area contributed by atoms with Gasteiger partial charge in [-0.1, -0.05) is 19.8 Å². The van der Waals surface area contributed by atoms with E-state index in [1.54, 1.807) is 0 Å². The van der Waals surface area contributed by atoms with E-state index in [0.717, 1.165) is 25.8 Å². The van der Waals surface area contributed by atoms with E-state index in [2.05, 4.69) is 12.2 Å². The first-order valence-corrected chi connectivity index (χ1v) is 4.46. The first kappa shape index (κ1) is 11.9. The number of nitrogens with one attached hydrogen (secondary N) is 2. The van der Waals surface area contributed by atoms with Gasteiger partial charge in [0, 0.05) is 0 Å². The molecular formula is C8H17N3O2. The molecule has 0 heterocycles. The molecule has 4 N–H and O–H groups in total. The van der Waals surface area contributed by atoms with Crippen molar-refractivity contribution in [3.63, 3.8) is 0 Å². The number of carbonyl (C=O) groups is 2. The molecule has 13 heavy (non-hydrogen) atoms. The number of amides is 3. The summed E-state index contributed by atoms with van der Waals surface area (Å²) in [6, 6.07) is -0.805. The molecule has 0 bridgehead atoms. The van der Waals surface area contributed by atoms with Crippen molar-refractivity contribution < 1.29 is 9.59 Å². The highest BCUT2D eigenvalue weighted by Gasteiger charge is 2.01. The molecular weight excluding hydrogens is 170 g/mol. The molecule has 0 unspecified atom stereocenters. The Morgan fingerprint density at radius 2 is 2.00 bits per heavy atom. The largest absolute Gasteiger partial charge is 0.351 e. The Morgan fingerprint density at radius 1 is 1.31 bits per heavy atom. The van der Waals surface area contributed by atoms with Crippen molar-refractivity contribution in [2.75, 3.05) is 13.1 Å². The first-order chi connectivity index (χ1) is 6.16. The van der Waals surface area contributed by atoms with E-state index in [-0.39, 0.29) is 12.5 Å². The molecule has 0 aromatic heterocycles. The molecule has 0 aromatic carbocycles. The quantitative estimate of drug-likeness (QED) is 0.510. The van der Waals surface area contributed by atoms with Crippen molar-refractivity contribution in [3.8, 4) is 0 Å². The molecule has 0 atom stereocenters. The minimum absolute atomic E-state index is 0.145. The van der Waals surface area contributed by atoms with E-state index in [9.17, 15) is 9.59 Å². The Bertz CT molecular complexity index is 171. The molecule has 76 valence electrons. The van der Waals surface area contributed by atoms with Gasteiger partial charge in [-0.15, -0.1) is 0 Å². The van der Waals surface area contributed by atoms with Crippen LogP contribution < -0.4 is 16.4 Å². The average molecular weight is 187 g/mol. The van der Waals surface area contributed by atoms with Crippen LogP contribution in [0.25, 0.3) is 0 Å². The van der Waals surface area contributed by atoms with Crippen LogP contribution in [-0.4, -0.2) is 25.0 Å². The van der Waals surface area contributed by atoms with Crippen LogP contribution in [-0.2, 0) is 4.79 Å². The second-order valence-electron chi connectivity index (χ2n) is 2.80. The molecule has 3 amide bonds. The monoisotopic (exact) mass is 187 g/mol. The molecule has 0 aliphatic heterocycles. The number of unbranched alkanes of at least 4 members (excludes halogenated alkanes) is 2. The fourth-order valence-electron chi connectivity index (χ4n) is 0.884. The van der Waals surface area contributed by atoms with Crippen molar-refractivity contribution in [2.24, 2.45) is 5.73 Å². The zero-order valence-electron chi connectivity index (χ0n) is 7.93. The standard InChI is InChI=1S/C8H17N3O2/c1-2-3-4-5-10-6-7(12)11-8(9)13/h10H,2-6H2,1H3,(H3,9,11,12,13). The lowest BCUT2D eigenvalue weighted by Crippen LogP contribution is -2.40. The van der Waals surface area contributed by atoms with E-state index in [1.807, 2.05) is 5.32 Å². The van der Waals surface area contributed by atoms with E-state index < -0.39 is 6.03 Å². The Morgan fingerprint density at radius 3 is 2.54 bits per heavy atom. The summed E-state index contributed by atoms with van der Waals surface area (Å²) in [5.74, 6) is -0.385. The fraction of sp³-hybridized carbons (Fsp3) is 0.750. The van der Waals surface area contributed by atoms with Gasteiger partial charge in [-0.3, -0.25) is 10.1 Å². The zero-order valence-corrected chi connectivity index (χ0v) is 7.93. The fourth-order valence-corrected chi connectivity index (χ4v) is 0.884. The number of hydrogen-bond donors (Lipinski definition) is 3. The Labute approximate surface area is 78.1 Å². The SMILES string of the molecule is CCCCCNCC(=O)NC(N)=O. The van der Waals surface area contributed by atoms with Crippen molar-refractivity contribution >= 4 is 11.9 Å². The third-order valence-corrected chi connectivity index (χ3v) is 1.51. The van der Waals surface area contributed by atoms with Gasteiger partial charge in [0.1, 0.15) is 0 Å². The highest BCUT2D eigenvalue weighted by molar-refractivity contribution is 5.94. The summed E-state index contributed by atoms with van der Waals surface area (Å²) in [5, 5.41) is 4.88. The lowest BCUT2D eigenvalue weighted by Gasteiger charge is -2.02. The number of hydrogen-bond acceptors (Lipinski definition) is 3. The topological polar surface area (TPSA) is 84.2 Å². The average Bonchev–Trinajstić information content (AvgIpc) is 2.02. The van der Waals surface area contributed by atoms with Crippen LogP contribution in [0.15, 0.2) is 0 Å². The highest BCUT2D eigenvalue weighted by Crippen LogP contribution is 1.90. The highest BCUT2D eigenvalue weighted by atomic mass is 16.2. The van der Waals surface area contributed by atoms with Crippen LogP contribution in [0.5, 0.6) is 0 Å². The molecule has 0 rings (SSSR count). The van der Waals surface area contributed by atoms with Gasteiger partial charge in [0.05, 0.1) is 6.54 Å². The number of rotatable bonds is 6. The summed E-state index contributed by atoms with van der Waals surface area (Å²) in [4.78, 5) is 21.0. The zero-order chi connectivity index (χ0) is 10.1. The summed E-state index contributed by atoms with van der Waals surface area (Å²) in [6.45, 7) is 3.05. The molecule has 0 aromatic rings. The van der Waals surface area contributed by atoms with Crippen LogP contribution in [0.1, 0.15) is 26.2 Å². The van der Waals surface area contributed by atoms with Gasteiger partial charge in [-0.2, -0.15) is 0 Å². The smallest absolute Gasteiger partial charge is 0.318 e. The van der Waals surface area contributed by atoms with Gasteiger partial charge in [0.25, 0.3) is 0 Å². The molecule has 0 aliphatic carbocycles. The minimum Gasteiger partial charge on any atom is -0.351 e. The van der Waals surface area contributed by atoms with E-state index >= 15 is 0 Å². The number of nitrogens with two attached hydrogens (primary N) is 1. The predicted octanol–water partition coefficient (Wildman–Crippen LogP) is -0.0389. The van der Waals surface area contributed by atoms with Gasteiger partial charge in [0.15, 0.2) is 0 Å². The van der Waals surface area contributed by atoms with Crippen LogP contribution in [0.2, 0.25) is 0 Å². The molecule has 5 nitrogen and oxygen atoms in total. The maximum atomic E-state index is 10.8. The van der Waals surface area contributed by atoms with Gasteiger partial charge in [-0.25, -0.2) is 4.79 Å². The van der Waals surface area contributed by atoms with Crippen LogP contribution in [0.3, 0.4) is 0 Å². The third kappa shape index (κ3) is 8.81. The molecule has 0 radical (unpaired) electrons. The maximum absolute atomic E-state index is 10.8. The molecule has 0 saturated carbocycles. The third-order valence-electron chi connectivity index (χ3n) is 1.51. The van der Waals surface area contributed by atoms with Crippen LogP contribution in [0.4, 0.5) is 4.79 Å². The summed E-state index contributed by atoms with van der Waals surface area (Å²) in [7, 11) is 0. The molecule has 0 spiro atoms. The van der Waals surface area contributed by atoms with Gasteiger partial charge in [-0.05, 0) is 13.0 Å². The minimum atomic E-state index is -0.805. The first-order valence-electron chi connectivity index (χ1n) is 4.46. The van der Waals surface area contributed by atoms with E-state index in [0.29, 0.717) is 0 Å². The second-order valence-corrected chi connectivity index (χ2v) is 2.80. The van der Waals surface area contributed by atoms with Crippen molar-refractivity contribution in [3.05, 3.63) is 0 Å². The Hall–Kier alpha value is -1.10. The Kier molecular flexibility index (Phi) is 6.91. The Balaban J connectivity index is 3.22. The number of primary amides is 1. The number of carbonyl (C=O) groups excluding carboxylic acids is 2. The van der Waals surface area contributed by atoms with Crippen LogP contribution >= 0.6 is 0 Å². The lowest BCUT2D eigenvalue weighted by atomic mass is 10.2. The predicted molar refractivity (Wildman–Crippen MR) is 50.1 cm³/mol. The lowest BCUT2D eigenvalue weighted by molar-refractivity contribution is -0.119. The van der Waals surface area contributed by atoms with E-state index in [1.165, 1.54) is 0 Å². The number of urea groups is 1. The molecule has 0 saturated heterocycles. The normalized spacial score (nSPS) is 9.62. The molecule has 5 heteroatoms. The molecule has 0 fully saturated rings. The number of imide groups is 1. The van der Waals surface area contributed by atoms with Gasteiger partial charge >= 0.3 is 6.03 Å². The summed E-state index contributed by atoms with van der Waals surface area (Å²) < 4.78 is 0.